The van der Waals surface area contributed by atoms with Crippen molar-refractivity contribution in [2.24, 2.45) is 0 Å². The Bertz CT molecular complexity index is 810. The summed E-state index contributed by atoms with van der Waals surface area (Å²) in [4.78, 5) is 15.0. The number of urea groups is 1. The molecule has 2 aromatic carbocycles. The highest BCUT2D eigenvalue weighted by molar-refractivity contribution is 6.30. The van der Waals surface area contributed by atoms with Gasteiger partial charge in [0.2, 0.25) is 0 Å². The summed E-state index contributed by atoms with van der Waals surface area (Å²) in [5, 5.41) is 3.73. The van der Waals surface area contributed by atoms with Crippen LogP contribution in [0, 0.1) is 0 Å². The van der Waals surface area contributed by atoms with Gasteiger partial charge in [-0.15, -0.1) is 0 Å². The van der Waals surface area contributed by atoms with Crippen molar-refractivity contribution in [2.75, 3.05) is 25.1 Å². The number of fused-ring (bicyclic) bond motifs is 1. The van der Waals surface area contributed by atoms with Crippen molar-refractivity contribution in [3.05, 3.63) is 53.1 Å². The maximum absolute atomic E-state index is 13.1. The Morgan fingerprint density at radius 3 is 2.59 bits per heavy atom. The van der Waals surface area contributed by atoms with Crippen molar-refractivity contribution in [1.29, 1.82) is 0 Å². The molecule has 2 heterocycles. The molecular formula is C21H23ClN2O3. The van der Waals surface area contributed by atoms with E-state index in [0.29, 0.717) is 35.4 Å². The zero-order valence-electron chi connectivity index (χ0n) is 15.1. The molecule has 1 atom stereocenters. The van der Waals surface area contributed by atoms with Gasteiger partial charge in [0.1, 0.15) is 13.2 Å². The van der Waals surface area contributed by atoms with E-state index in [1.54, 1.807) is 0 Å². The van der Waals surface area contributed by atoms with E-state index in [4.69, 9.17) is 21.1 Å². The molecule has 27 heavy (non-hydrogen) atoms. The lowest BCUT2D eigenvalue weighted by atomic mass is 10.0. The second-order valence-electron chi connectivity index (χ2n) is 6.90. The molecule has 142 valence electrons. The second kappa shape index (κ2) is 8.09. The van der Waals surface area contributed by atoms with E-state index in [1.807, 2.05) is 47.4 Å². The molecule has 5 nitrogen and oxygen atoms in total. The van der Waals surface area contributed by atoms with E-state index in [9.17, 15) is 4.79 Å². The van der Waals surface area contributed by atoms with Crippen molar-refractivity contribution in [3.63, 3.8) is 0 Å². The number of carbonyl (C=O) groups is 1. The number of amides is 2. The lowest BCUT2D eigenvalue weighted by Crippen LogP contribution is -2.38. The number of rotatable bonds is 2. The summed E-state index contributed by atoms with van der Waals surface area (Å²) >= 11 is 6.03. The Morgan fingerprint density at radius 1 is 1.00 bits per heavy atom. The number of benzene rings is 2. The van der Waals surface area contributed by atoms with Gasteiger partial charge >= 0.3 is 6.03 Å². The smallest absolute Gasteiger partial charge is 0.322 e. The highest BCUT2D eigenvalue weighted by Gasteiger charge is 2.27. The molecular weight excluding hydrogens is 364 g/mol. The largest absolute Gasteiger partial charge is 0.486 e. The number of halogens is 1. The number of nitrogens with one attached hydrogen (secondary N) is 1. The first-order chi connectivity index (χ1) is 13.2. The Morgan fingerprint density at radius 2 is 1.78 bits per heavy atom. The Kier molecular flexibility index (Phi) is 5.39. The molecule has 0 radical (unpaired) electrons. The van der Waals surface area contributed by atoms with Gasteiger partial charge in [0.25, 0.3) is 0 Å². The highest BCUT2D eigenvalue weighted by atomic mass is 35.5. The van der Waals surface area contributed by atoms with Crippen LogP contribution in [0.25, 0.3) is 0 Å². The van der Waals surface area contributed by atoms with Gasteiger partial charge in [-0.25, -0.2) is 4.79 Å². The van der Waals surface area contributed by atoms with Crippen LogP contribution in [-0.2, 0) is 0 Å². The zero-order valence-corrected chi connectivity index (χ0v) is 15.9. The fourth-order valence-corrected chi connectivity index (χ4v) is 3.83. The summed E-state index contributed by atoms with van der Waals surface area (Å²) in [5.74, 6) is 1.39. The molecule has 2 aliphatic heterocycles. The van der Waals surface area contributed by atoms with Crippen LogP contribution in [0.15, 0.2) is 42.5 Å². The molecule has 2 amide bonds. The first-order valence-corrected chi connectivity index (χ1v) is 9.81. The third-order valence-corrected chi connectivity index (χ3v) is 5.31. The quantitative estimate of drug-likeness (QED) is 0.765. The number of ether oxygens (including phenoxy) is 2. The lowest BCUT2D eigenvalue weighted by molar-refractivity contribution is 0.171. The average molecular weight is 387 g/mol. The minimum atomic E-state index is -0.0893. The van der Waals surface area contributed by atoms with E-state index in [2.05, 4.69) is 5.32 Å². The van der Waals surface area contributed by atoms with Crippen molar-refractivity contribution in [3.8, 4) is 11.5 Å². The molecule has 0 unspecified atom stereocenters. The van der Waals surface area contributed by atoms with E-state index < -0.39 is 0 Å². The van der Waals surface area contributed by atoms with Crippen LogP contribution >= 0.6 is 11.6 Å². The highest BCUT2D eigenvalue weighted by Crippen LogP contribution is 2.34. The van der Waals surface area contributed by atoms with Crippen LogP contribution in [0.2, 0.25) is 5.02 Å². The summed E-state index contributed by atoms with van der Waals surface area (Å²) in [5.41, 5.74) is 1.84. The maximum Gasteiger partial charge on any atom is 0.322 e. The lowest BCUT2D eigenvalue weighted by Gasteiger charge is -2.31. The van der Waals surface area contributed by atoms with Crippen LogP contribution in [-0.4, -0.2) is 30.7 Å². The van der Waals surface area contributed by atoms with E-state index in [1.165, 1.54) is 0 Å². The molecule has 2 aromatic rings. The molecule has 0 aromatic heterocycles. The first-order valence-electron chi connectivity index (χ1n) is 9.43. The summed E-state index contributed by atoms with van der Waals surface area (Å²) in [7, 11) is 0. The van der Waals surface area contributed by atoms with Crippen LogP contribution in [0.1, 0.15) is 37.3 Å². The molecule has 1 fully saturated rings. The van der Waals surface area contributed by atoms with Gasteiger partial charge in [-0.05, 0) is 42.7 Å². The normalized spacial score (nSPS) is 19.3. The predicted octanol–water partition coefficient (Wildman–Crippen LogP) is 5.26. The van der Waals surface area contributed by atoms with Crippen LogP contribution in [0.4, 0.5) is 10.5 Å². The third kappa shape index (κ3) is 4.14. The fourth-order valence-electron chi connectivity index (χ4n) is 3.70. The number of hydrogen-bond acceptors (Lipinski definition) is 3. The fraction of sp³-hybridized carbons (Fsp3) is 0.381. The SMILES string of the molecule is O=C(Nc1ccc2c(c1)OCCO2)N1CCCCC[C@@H]1c1ccc(Cl)cc1. The number of likely N-dealkylation sites (tertiary alicyclic amines) is 1. The molecule has 0 spiro atoms. The molecule has 0 saturated carbocycles. The van der Waals surface area contributed by atoms with Gasteiger partial charge in [0, 0.05) is 23.3 Å². The summed E-state index contributed by atoms with van der Waals surface area (Å²) in [6.45, 7) is 1.81. The second-order valence-corrected chi connectivity index (χ2v) is 7.34. The molecule has 6 heteroatoms. The van der Waals surface area contributed by atoms with Gasteiger partial charge in [-0.1, -0.05) is 36.6 Å². The van der Waals surface area contributed by atoms with Gasteiger partial charge in [0.15, 0.2) is 11.5 Å². The Labute approximate surface area is 164 Å². The Hall–Kier alpha value is -2.40. The molecule has 0 aliphatic carbocycles. The van der Waals surface area contributed by atoms with Crippen LogP contribution < -0.4 is 14.8 Å². The average Bonchev–Trinajstić information content (AvgIpc) is 2.95. The first kappa shape index (κ1) is 18.0. The monoisotopic (exact) mass is 386 g/mol. The molecule has 2 aliphatic rings. The van der Waals surface area contributed by atoms with Crippen molar-refractivity contribution < 1.29 is 14.3 Å². The van der Waals surface area contributed by atoms with Crippen molar-refractivity contribution in [1.82, 2.24) is 4.90 Å². The minimum absolute atomic E-state index is 0.0574. The molecule has 1 saturated heterocycles. The van der Waals surface area contributed by atoms with Crippen LogP contribution in [0.3, 0.4) is 0 Å². The Balaban J connectivity index is 1.53. The van der Waals surface area contributed by atoms with E-state index in [0.717, 1.165) is 37.8 Å². The zero-order chi connectivity index (χ0) is 18.6. The van der Waals surface area contributed by atoms with Gasteiger partial charge in [0.05, 0.1) is 6.04 Å². The van der Waals surface area contributed by atoms with E-state index in [-0.39, 0.29) is 12.1 Å². The van der Waals surface area contributed by atoms with Gasteiger partial charge < -0.3 is 19.7 Å². The van der Waals surface area contributed by atoms with Gasteiger partial charge in [-0.3, -0.25) is 0 Å². The molecule has 0 bridgehead atoms. The summed E-state index contributed by atoms with van der Waals surface area (Å²) in [6.07, 6.45) is 4.22. The summed E-state index contributed by atoms with van der Waals surface area (Å²) in [6, 6.07) is 13.3. The maximum atomic E-state index is 13.1. The number of nitrogens with zero attached hydrogens (tertiary/aromatic N) is 1. The van der Waals surface area contributed by atoms with E-state index >= 15 is 0 Å². The number of hydrogen-bond donors (Lipinski definition) is 1. The minimum Gasteiger partial charge on any atom is -0.486 e. The third-order valence-electron chi connectivity index (χ3n) is 5.06. The predicted molar refractivity (Wildman–Crippen MR) is 106 cm³/mol. The standard InChI is InChI=1S/C21H23ClN2O3/c22-16-7-5-15(6-8-16)18-4-2-1-3-11-24(18)21(25)23-17-9-10-19-20(14-17)27-13-12-26-19/h5-10,14,18H,1-4,11-13H2,(H,23,25)/t18-/m1/s1. The molecule has 1 N–H and O–H groups in total. The molecule has 4 rings (SSSR count). The number of carbonyl (C=O) groups excluding carboxylic acids is 1. The topological polar surface area (TPSA) is 50.8 Å². The van der Waals surface area contributed by atoms with Crippen molar-refractivity contribution >= 4 is 23.3 Å². The summed E-state index contributed by atoms with van der Waals surface area (Å²) < 4.78 is 11.2. The van der Waals surface area contributed by atoms with Crippen LogP contribution in [0.5, 0.6) is 11.5 Å². The van der Waals surface area contributed by atoms with Gasteiger partial charge in [-0.2, -0.15) is 0 Å². The van der Waals surface area contributed by atoms with Crippen molar-refractivity contribution in [2.45, 2.75) is 31.7 Å². The number of anilines is 1.